The molecule has 0 atom stereocenters. The Labute approximate surface area is 133 Å². The van der Waals surface area contributed by atoms with Crippen molar-refractivity contribution in [2.24, 2.45) is 0 Å². The second kappa shape index (κ2) is 6.76. The van der Waals surface area contributed by atoms with Crippen molar-refractivity contribution in [3.8, 4) is 0 Å². The van der Waals surface area contributed by atoms with E-state index in [2.05, 4.69) is 15.2 Å². The molecule has 1 fully saturated rings. The first-order valence-electron chi connectivity index (χ1n) is 7.38. The number of urea groups is 1. The van der Waals surface area contributed by atoms with Crippen molar-refractivity contribution < 1.29 is 19.4 Å². The molecule has 0 saturated carbocycles. The van der Waals surface area contributed by atoms with E-state index in [1.807, 2.05) is 6.07 Å². The van der Waals surface area contributed by atoms with Crippen LogP contribution in [0.25, 0.3) is 6.08 Å². The van der Waals surface area contributed by atoms with Gasteiger partial charge in [-0.2, -0.15) is 0 Å². The zero-order chi connectivity index (χ0) is 16.2. The molecule has 122 valence electrons. The summed E-state index contributed by atoms with van der Waals surface area (Å²) in [5.74, 6) is -0.481. The maximum Gasteiger partial charge on any atom is 0.328 e. The molecule has 3 rings (SSSR count). The summed E-state index contributed by atoms with van der Waals surface area (Å²) in [6.07, 6.45) is 4.09. The Balaban J connectivity index is 1.72. The molecule has 3 heterocycles. The van der Waals surface area contributed by atoms with Crippen molar-refractivity contribution in [2.45, 2.75) is 6.54 Å². The molecule has 8 nitrogen and oxygen atoms in total. The lowest BCUT2D eigenvalue weighted by Crippen LogP contribution is -2.48. The first-order chi connectivity index (χ1) is 11.1. The number of anilines is 1. The van der Waals surface area contributed by atoms with Gasteiger partial charge in [-0.05, 0) is 17.7 Å². The highest BCUT2D eigenvalue weighted by molar-refractivity contribution is 5.91. The third kappa shape index (κ3) is 3.85. The Morgan fingerprint density at radius 2 is 2.22 bits per heavy atom. The summed E-state index contributed by atoms with van der Waals surface area (Å²) in [6.45, 7) is 3.94. The van der Waals surface area contributed by atoms with Crippen molar-refractivity contribution in [1.29, 1.82) is 0 Å². The van der Waals surface area contributed by atoms with Crippen LogP contribution in [0.3, 0.4) is 0 Å². The number of amides is 2. The molecule has 0 spiro atoms. The molecule has 2 aliphatic rings. The molecule has 23 heavy (non-hydrogen) atoms. The van der Waals surface area contributed by atoms with E-state index in [-0.39, 0.29) is 6.03 Å². The molecular formula is C15H18N4O4. The van der Waals surface area contributed by atoms with E-state index in [1.54, 1.807) is 4.90 Å². The summed E-state index contributed by atoms with van der Waals surface area (Å²) in [7, 11) is 0. The van der Waals surface area contributed by atoms with Gasteiger partial charge in [0.1, 0.15) is 5.82 Å². The number of hydrogen-bond acceptors (Lipinski definition) is 5. The summed E-state index contributed by atoms with van der Waals surface area (Å²) < 4.78 is 5.31. The van der Waals surface area contributed by atoms with Crippen LogP contribution in [0, 0.1) is 0 Å². The summed E-state index contributed by atoms with van der Waals surface area (Å²) in [6, 6.07) is 1.67. The van der Waals surface area contributed by atoms with Gasteiger partial charge in [-0.15, -0.1) is 0 Å². The Morgan fingerprint density at radius 3 is 2.96 bits per heavy atom. The molecule has 2 N–H and O–H groups in total. The molecule has 1 aromatic rings. The fourth-order valence-corrected chi connectivity index (χ4v) is 2.58. The summed E-state index contributed by atoms with van der Waals surface area (Å²) >= 11 is 0. The van der Waals surface area contributed by atoms with E-state index in [0.29, 0.717) is 37.8 Å². The summed E-state index contributed by atoms with van der Waals surface area (Å²) in [4.78, 5) is 30.8. The third-order valence-electron chi connectivity index (χ3n) is 3.75. The highest BCUT2D eigenvalue weighted by Crippen LogP contribution is 2.22. The minimum absolute atomic E-state index is 0.176. The Hall–Kier alpha value is -2.45. The number of fused-ring (bicyclic) bond motifs is 1. The average Bonchev–Trinajstić information content (AvgIpc) is 2.54. The van der Waals surface area contributed by atoms with Gasteiger partial charge in [-0.25, -0.2) is 14.6 Å². The number of carboxylic acids is 1. The van der Waals surface area contributed by atoms with Crippen LogP contribution in [0.5, 0.6) is 0 Å². The summed E-state index contributed by atoms with van der Waals surface area (Å²) in [5.41, 5.74) is 1.55. The van der Waals surface area contributed by atoms with E-state index in [4.69, 9.17) is 9.84 Å². The van der Waals surface area contributed by atoms with E-state index in [9.17, 15) is 9.59 Å². The molecule has 0 aromatic carbocycles. The predicted molar refractivity (Wildman–Crippen MR) is 82.7 cm³/mol. The van der Waals surface area contributed by atoms with Crippen LogP contribution in [0.15, 0.2) is 18.3 Å². The third-order valence-corrected chi connectivity index (χ3v) is 3.75. The van der Waals surface area contributed by atoms with Crippen molar-refractivity contribution >= 4 is 23.9 Å². The van der Waals surface area contributed by atoms with Gasteiger partial charge in [0.05, 0.1) is 26.4 Å². The lowest BCUT2D eigenvalue weighted by atomic mass is 10.1. The number of rotatable bonds is 4. The number of aromatic nitrogens is 1. The molecule has 0 aliphatic carbocycles. The SMILES string of the molecule is O=C(O)/C=C/c1cnc2c(c1)CN(CN1CCOCC1)C(=O)N2. The number of aliphatic carboxylic acids is 1. The first-order valence-corrected chi connectivity index (χ1v) is 7.38. The van der Waals surface area contributed by atoms with Crippen LogP contribution in [-0.2, 0) is 16.1 Å². The molecule has 1 saturated heterocycles. The van der Waals surface area contributed by atoms with Crippen molar-refractivity contribution in [2.75, 3.05) is 38.3 Å². The predicted octanol–water partition coefficient (Wildman–Crippen LogP) is 0.817. The van der Waals surface area contributed by atoms with E-state index in [0.717, 1.165) is 24.7 Å². The highest BCUT2D eigenvalue weighted by Gasteiger charge is 2.25. The van der Waals surface area contributed by atoms with Crippen molar-refractivity contribution in [3.63, 3.8) is 0 Å². The average molecular weight is 318 g/mol. The Morgan fingerprint density at radius 1 is 1.43 bits per heavy atom. The van der Waals surface area contributed by atoms with Gasteiger partial charge >= 0.3 is 12.0 Å². The largest absolute Gasteiger partial charge is 0.478 e. The zero-order valence-corrected chi connectivity index (χ0v) is 12.6. The number of pyridine rings is 1. The molecule has 0 bridgehead atoms. The monoisotopic (exact) mass is 318 g/mol. The van der Waals surface area contributed by atoms with Crippen molar-refractivity contribution in [1.82, 2.24) is 14.8 Å². The quantitative estimate of drug-likeness (QED) is 0.798. The molecular weight excluding hydrogens is 300 g/mol. The number of carbonyl (C=O) groups excluding carboxylic acids is 1. The smallest absolute Gasteiger partial charge is 0.328 e. The summed E-state index contributed by atoms with van der Waals surface area (Å²) in [5, 5.41) is 11.5. The first kappa shape index (κ1) is 15.4. The van der Waals surface area contributed by atoms with Gasteiger partial charge < -0.3 is 14.7 Å². The number of nitrogens with zero attached hydrogens (tertiary/aromatic N) is 3. The maximum absolute atomic E-state index is 12.2. The lowest BCUT2D eigenvalue weighted by Gasteiger charge is -2.35. The fraction of sp³-hybridized carbons (Fsp3) is 0.400. The Bertz CT molecular complexity index is 640. The van der Waals surface area contributed by atoms with E-state index in [1.165, 1.54) is 12.3 Å². The normalized spacial score (nSPS) is 18.8. The van der Waals surface area contributed by atoms with Gasteiger partial charge in [0.25, 0.3) is 0 Å². The van der Waals surface area contributed by atoms with Gasteiger partial charge in [0, 0.05) is 30.9 Å². The lowest BCUT2D eigenvalue weighted by molar-refractivity contribution is -0.131. The zero-order valence-electron chi connectivity index (χ0n) is 12.6. The van der Waals surface area contributed by atoms with Gasteiger partial charge in [0.2, 0.25) is 0 Å². The molecule has 0 unspecified atom stereocenters. The van der Waals surface area contributed by atoms with Gasteiger partial charge in [-0.3, -0.25) is 10.2 Å². The second-order valence-electron chi connectivity index (χ2n) is 5.45. The van der Waals surface area contributed by atoms with E-state index < -0.39 is 5.97 Å². The van der Waals surface area contributed by atoms with E-state index >= 15 is 0 Å². The number of carbonyl (C=O) groups is 2. The number of nitrogens with one attached hydrogen (secondary N) is 1. The van der Waals surface area contributed by atoms with Crippen LogP contribution in [-0.4, -0.2) is 64.9 Å². The topological polar surface area (TPSA) is 95.0 Å². The second-order valence-corrected chi connectivity index (χ2v) is 5.45. The molecule has 0 radical (unpaired) electrons. The maximum atomic E-state index is 12.2. The molecule has 2 amide bonds. The number of morpholine rings is 1. The molecule has 8 heteroatoms. The van der Waals surface area contributed by atoms with Crippen LogP contribution in [0.1, 0.15) is 11.1 Å². The Kier molecular flexibility index (Phi) is 4.54. The van der Waals surface area contributed by atoms with Gasteiger partial charge in [-0.1, -0.05) is 0 Å². The van der Waals surface area contributed by atoms with Crippen LogP contribution < -0.4 is 5.32 Å². The van der Waals surface area contributed by atoms with Crippen LogP contribution in [0.4, 0.5) is 10.6 Å². The van der Waals surface area contributed by atoms with Crippen molar-refractivity contribution in [3.05, 3.63) is 29.5 Å². The number of ether oxygens (including phenoxy) is 1. The number of hydrogen-bond donors (Lipinski definition) is 2. The number of carboxylic acid groups (broad SMARTS) is 1. The highest BCUT2D eigenvalue weighted by atomic mass is 16.5. The minimum Gasteiger partial charge on any atom is -0.478 e. The van der Waals surface area contributed by atoms with Crippen LogP contribution >= 0.6 is 0 Å². The minimum atomic E-state index is -1.01. The standard InChI is InChI=1S/C15H18N4O4/c20-13(21)2-1-11-7-12-9-19(10-18-3-5-23-6-4-18)15(22)17-14(12)16-8-11/h1-2,7-8H,3-6,9-10H2,(H,20,21)(H,16,17,22)/b2-1+. The molecule has 1 aromatic heterocycles. The van der Waals surface area contributed by atoms with Gasteiger partial charge in [0.15, 0.2) is 0 Å². The molecule has 2 aliphatic heterocycles. The van der Waals surface area contributed by atoms with Crippen LogP contribution in [0.2, 0.25) is 0 Å². The fourth-order valence-electron chi connectivity index (χ4n) is 2.58.